The van der Waals surface area contributed by atoms with E-state index >= 15 is 0 Å². The molecule has 6 N–H and O–H groups in total. The zero-order chi connectivity index (χ0) is 10.8. The van der Waals surface area contributed by atoms with Gasteiger partial charge in [-0.1, -0.05) is 11.8 Å². The van der Waals surface area contributed by atoms with Crippen molar-refractivity contribution in [1.82, 2.24) is 5.32 Å². The van der Waals surface area contributed by atoms with Crippen LogP contribution in [-0.2, 0) is 4.79 Å². The van der Waals surface area contributed by atoms with Crippen molar-refractivity contribution in [3.8, 4) is 11.8 Å². The van der Waals surface area contributed by atoms with Gasteiger partial charge >= 0.3 is 0 Å². The van der Waals surface area contributed by atoms with Crippen LogP contribution < -0.4 is 16.8 Å². The maximum Gasteiger partial charge on any atom is 0.237 e. The smallest absolute Gasteiger partial charge is 0.237 e. The van der Waals surface area contributed by atoms with Crippen LogP contribution in [0.5, 0.6) is 0 Å². The van der Waals surface area contributed by atoms with E-state index in [1.165, 1.54) is 0 Å². The second kappa shape index (κ2) is 8.51. The lowest BCUT2D eigenvalue weighted by Gasteiger charge is -2.09. The van der Waals surface area contributed by atoms with Crippen LogP contribution in [-0.4, -0.2) is 36.8 Å². The maximum atomic E-state index is 11.2. The Bertz CT molecular complexity index is 220. The van der Waals surface area contributed by atoms with E-state index in [0.717, 1.165) is 6.42 Å². The lowest BCUT2D eigenvalue weighted by atomic mass is 10.1. The molecule has 0 aromatic carbocycles. The molecule has 0 saturated carbocycles. The van der Waals surface area contributed by atoms with Crippen LogP contribution in [0.1, 0.15) is 12.8 Å². The second-order valence-electron chi connectivity index (χ2n) is 2.77. The van der Waals surface area contributed by atoms with Crippen molar-refractivity contribution in [1.29, 1.82) is 0 Å². The summed E-state index contributed by atoms with van der Waals surface area (Å²) in [4.78, 5) is 11.2. The van der Waals surface area contributed by atoms with Crippen molar-refractivity contribution in [2.75, 3.05) is 19.7 Å². The summed E-state index contributed by atoms with van der Waals surface area (Å²) < 4.78 is 0. The number of hydrogen-bond acceptors (Lipinski definition) is 4. The van der Waals surface area contributed by atoms with Gasteiger partial charge in [0.15, 0.2) is 0 Å². The highest BCUT2D eigenvalue weighted by Crippen LogP contribution is 1.91. The summed E-state index contributed by atoms with van der Waals surface area (Å²) >= 11 is 0. The van der Waals surface area contributed by atoms with E-state index in [4.69, 9.17) is 16.6 Å². The average Bonchev–Trinajstić information content (AvgIpc) is 2.20. The molecule has 5 heteroatoms. The molecule has 0 aromatic heterocycles. The highest BCUT2D eigenvalue weighted by molar-refractivity contribution is 5.81. The Balaban J connectivity index is 3.61. The minimum Gasteiger partial charge on any atom is -0.384 e. The molecule has 0 aliphatic rings. The van der Waals surface area contributed by atoms with E-state index in [-0.39, 0.29) is 19.1 Å². The third-order valence-electron chi connectivity index (χ3n) is 1.61. The quantitative estimate of drug-likeness (QED) is 0.391. The van der Waals surface area contributed by atoms with Crippen LogP contribution in [0, 0.1) is 11.8 Å². The Labute approximate surface area is 83.8 Å². The molecular formula is C9H17N3O2. The van der Waals surface area contributed by atoms with Gasteiger partial charge in [0.1, 0.15) is 6.61 Å². The summed E-state index contributed by atoms with van der Waals surface area (Å²) in [5, 5.41) is 10.9. The molecule has 0 radical (unpaired) electrons. The number of amides is 1. The molecule has 0 aliphatic carbocycles. The van der Waals surface area contributed by atoms with Crippen LogP contribution in [0.3, 0.4) is 0 Å². The molecule has 80 valence electrons. The summed E-state index contributed by atoms with van der Waals surface area (Å²) in [6.45, 7) is 0.552. The van der Waals surface area contributed by atoms with Crippen molar-refractivity contribution in [2.45, 2.75) is 18.9 Å². The number of carbonyl (C=O) groups is 1. The van der Waals surface area contributed by atoms with Gasteiger partial charge in [-0.3, -0.25) is 4.79 Å². The maximum absolute atomic E-state index is 11.2. The Morgan fingerprint density at radius 2 is 2.21 bits per heavy atom. The summed E-state index contributed by atoms with van der Waals surface area (Å²) in [5.74, 6) is 4.75. The van der Waals surface area contributed by atoms with Gasteiger partial charge in [-0.2, -0.15) is 0 Å². The normalized spacial score (nSPS) is 11.4. The van der Waals surface area contributed by atoms with Gasteiger partial charge in [0.2, 0.25) is 5.91 Å². The molecule has 0 heterocycles. The number of carbonyl (C=O) groups excluding carboxylic acids is 1. The Hall–Kier alpha value is -1.09. The van der Waals surface area contributed by atoms with E-state index in [0.29, 0.717) is 13.0 Å². The van der Waals surface area contributed by atoms with Gasteiger partial charge in [-0.15, -0.1) is 0 Å². The van der Waals surface area contributed by atoms with Gasteiger partial charge in [0.25, 0.3) is 0 Å². The SMILES string of the molecule is NCCC[C@H](N)C(=O)NCC#CCO. The molecule has 0 saturated heterocycles. The minimum atomic E-state index is -0.519. The van der Waals surface area contributed by atoms with Crippen molar-refractivity contribution < 1.29 is 9.90 Å². The lowest BCUT2D eigenvalue weighted by Crippen LogP contribution is -2.40. The van der Waals surface area contributed by atoms with E-state index in [9.17, 15) is 4.79 Å². The first-order valence-corrected chi connectivity index (χ1v) is 4.52. The van der Waals surface area contributed by atoms with E-state index in [1.807, 2.05) is 0 Å². The predicted octanol–water partition coefficient (Wildman–Crippen LogP) is -1.84. The fourth-order valence-electron chi connectivity index (χ4n) is 0.850. The third-order valence-corrected chi connectivity index (χ3v) is 1.61. The monoisotopic (exact) mass is 199 g/mol. The van der Waals surface area contributed by atoms with E-state index in [1.54, 1.807) is 0 Å². The van der Waals surface area contributed by atoms with Gasteiger partial charge in [-0.25, -0.2) is 0 Å². The van der Waals surface area contributed by atoms with E-state index in [2.05, 4.69) is 17.2 Å². The average molecular weight is 199 g/mol. The fraction of sp³-hybridized carbons (Fsp3) is 0.667. The molecule has 1 amide bonds. The van der Waals surface area contributed by atoms with Crippen molar-refractivity contribution in [3.05, 3.63) is 0 Å². The number of hydrogen-bond donors (Lipinski definition) is 4. The minimum absolute atomic E-state index is 0.199. The predicted molar refractivity (Wildman–Crippen MR) is 54.1 cm³/mol. The van der Waals surface area contributed by atoms with E-state index < -0.39 is 6.04 Å². The standard InChI is InChI=1S/C9H17N3O2/c10-5-3-4-8(11)9(14)12-6-1-2-7-13/h8,13H,3-7,10-11H2,(H,12,14)/t8-/m0/s1. The second-order valence-corrected chi connectivity index (χ2v) is 2.77. The molecule has 0 aromatic rings. The number of rotatable bonds is 5. The van der Waals surface area contributed by atoms with Crippen LogP contribution in [0.15, 0.2) is 0 Å². The first kappa shape index (κ1) is 12.9. The van der Waals surface area contributed by atoms with Gasteiger partial charge in [-0.05, 0) is 19.4 Å². The van der Waals surface area contributed by atoms with Crippen LogP contribution >= 0.6 is 0 Å². The molecule has 0 unspecified atom stereocenters. The first-order valence-electron chi connectivity index (χ1n) is 4.52. The van der Waals surface area contributed by atoms with Gasteiger partial charge < -0.3 is 21.9 Å². The van der Waals surface area contributed by atoms with Crippen molar-refractivity contribution in [2.24, 2.45) is 11.5 Å². The van der Waals surface area contributed by atoms with Crippen LogP contribution in [0.2, 0.25) is 0 Å². The van der Waals surface area contributed by atoms with Crippen LogP contribution in [0.25, 0.3) is 0 Å². The lowest BCUT2D eigenvalue weighted by molar-refractivity contribution is -0.122. The highest BCUT2D eigenvalue weighted by atomic mass is 16.2. The largest absolute Gasteiger partial charge is 0.384 e. The van der Waals surface area contributed by atoms with Crippen molar-refractivity contribution >= 4 is 5.91 Å². The fourth-order valence-corrected chi connectivity index (χ4v) is 0.850. The molecule has 0 aliphatic heterocycles. The number of nitrogens with two attached hydrogens (primary N) is 2. The Morgan fingerprint density at radius 3 is 2.79 bits per heavy atom. The highest BCUT2D eigenvalue weighted by Gasteiger charge is 2.10. The molecule has 5 nitrogen and oxygen atoms in total. The molecule has 0 fully saturated rings. The molecule has 1 atom stereocenters. The first-order chi connectivity index (χ1) is 6.72. The molecular weight excluding hydrogens is 182 g/mol. The number of aliphatic hydroxyl groups excluding tert-OH is 1. The number of aliphatic hydroxyl groups is 1. The molecule has 0 spiro atoms. The van der Waals surface area contributed by atoms with Gasteiger partial charge in [0, 0.05) is 0 Å². The summed E-state index contributed by atoms with van der Waals surface area (Å²) in [6.07, 6.45) is 1.31. The zero-order valence-electron chi connectivity index (χ0n) is 8.12. The molecule has 0 rings (SSSR count). The molecule has 14 heavy (non-hydrogen) atoms. The Morgan fingerprint density at radius 1 is 1.50 bits per heavy atom. The third kappa shape index (κ3) is 6.43. The Kier molecular flexibility index (Phi) is 7.84. The molecule has 0 bridgehead atoms. The van der Waals surface area contributed by atoms with Crippen molar-refractivity contribution in [3.63, 3.8) is 0 Å². The summed E-state index contributed by atoms with van der Waals surface area (Å²) in [5.41, 5.74) is 10.8. The summed E-state index contributed by atoms with van der Waals surface area (Å²) in [7, 11) is 0. The number of nitrogens with one attached hydrogen (secondary N) is 1. The summed E-state index contributed by atoms with van der Waals surface area (Å²) in [6, 6.07) is -0.519. The zero-order valence-corrected chi connectivity index (χ0v) is 8.12. The topological polar surface area (TPSA) is 101 Å². The van der Waals surface area contributed by atoms with Gasteiger partial charge in [0.05, 0.1) is 12.6 Å². The van der Waals surface area contributed by atoms with Crippen LogP contribution in [0.4, 0.5) is 0 Å².